The van der Waals surface area contributed by atoms with Crippen LogP contribution in [0.15, 0.2) is 36.4 Å². The highest BCUT2D eigenvalue weighted by molar-refractivity contribution is 5.92. The third kappa shape index (κ3) is 19.3. The van der Waals surface area contributed by atoms with E-state index in [-0.39, 0.29) is 6.61 Å². The minimum absolute atomic E-state index is 0.220. The van der Waals surface area contributed by atoms with Crippen molar-refractivity contribution < 1.29 is 76.3 Å². The largest absolute Gasteiger partial charge is 0.493 e. The summed E-state index contributed by atoms with van der Waals surface area (Å²) in [5.41, 5.74) is 1.04. The van der Waals surface area contributed by atoms with Gasteiger partial charge >= 0.3 is 17.9 Å². The van der Waals surface area contributed by atoms with E-state index < -0.39 is 17.9 Å². The molecule has 0 aromatic heterocycles. The zero-order valence-electron chi connectivity index (χ0n) is 43.8. The van der Waals surface area contributed by atoms with E-state index in [0.29, 0.717) is 88.3 Å². The number of esters is 3. The summed E-state index contributed by atoms with van der Waals surface area (Å²) < 4.78 is 64.1. The zero-order valence-corrected chi connectivity index (χ0v) is 43.8. The molecular formula is C51H78N4O16. The highest BCUT2D eigenvalue weighted by atomic mass is 16.6. The van der Waals surface area contributed by atoms with Crippen molar-refractivity contribution in [1.82, 2.24) is 19.6 Å². The van der Waals surface area contributed by atoms with Gasteiger partial charge in [0.2, 0.25) is 17.2 Å². The Balaban J connectivity index is 0.000000412. The minimum Gasteiger partial charge on any atom is -0.493 e. The molecule has 20 heteroatoms. The molecule has 0 saturated carbocycles. The van der Waals surface area contributed by atoms with Gasteiger partial charge in [0.1, 0.15) is 0 Å². The van der Waals surface area contributed by atoms with Crippen LogP contribution in [-0.2, 0) is 14.2 Å². The van der Waals surface area contributed by atoms with E-state index in [1.165, 1.54) is 64.0 Å². The van der Waals surface area contributed by atoms with Gasteiger partial charge in [-0.1, -0.05) is 0 Å². The number of nitrogens with zero attached hydrogens (tertiary/aromatic N) is 4. The molecule has 1 saturated heterocycles. The third-order valence-corrected chi connectivity index (χ3v) is 11.6. The highest BCUT2D eigenvalue weighted by Crippen LogP contribution is 2.40. The Bertz CT molecular complexity index is 1910. The minimum atomic E-state index is -0.438. The number of rotatable bonds is 30. The van der Waals surface area contributed by atoms with Crippen LogP contribution in [-0.4, -0.2) is 213 Å². The van der Waals surface area contributed by atoms with E-state index >= 15 is 0 Å². The van der Waals surface area contributed by atoms with Crippen molar-refractivity contribution in [2.75, 3.05) is 170 Å². The van der Waals surface area contributed by atoms with Crippen LogP contribution in [0.1, 0.15) is 63.2 Å². The molecule has 4 rings (SSSR count). The number of hydrogen-bond acceptors (Lipinski definition) is 20. The van der Waals surface area contributed by atoms with E-state index in [0.717, 1.165) is 97.6 Å². The molecule has 1 aliphatic rings. The van der Waals surface area contributed by atoms with Crippen molar-refractivity contribution in [3.63, 3.8) is 0 Å². The smallest absolute Gasteiger partial charge is 0.338 e. The fourth-order valence-corrected chi connectivity index (χ4v) is 7.63. The Labute approximate surface area is 419 Å². The average Bonchev–Trinajstić information content (AvgIpc) is 3.64. The molecular weight excluding hydrogens is 925 g/mol. The Hall–Kier alpha value is -5.93. The number of carbonyl (C=O) groups is 3. The van der Waals surface area contributed by atoms with Crippen molar-refractivity contribution in [1.29, 1.82) is 0 Å². The molecule has 3 aromatic carbocycles. The third-order valence-electron chi connectivity index (χ3n) is 11.6. The van der Waals surface area contributed by atoms with Crippen molar-refractivity contribution >= 4 is 17.9 Å². The topological polar surface area (TPSA) is 195 Å². The number of aliphatic hydroxyl groups excluding tert-OH is 1. The normalized spacial score (nSPS) is 12.8. The van der Waals surface area contributed by atoms with Gasteiger partial charge in [-0.3, -0.25) is 0 Å². The molecule has 3 aromatic rings. The first kappa shape index (κ1) is 59.4. The number of methoxy groups -OCH3 is 9. The molecule has 1 fully saturated rings. The predicted octanol–water partition coefficient (Wildman–Crippen LogP) is 5.05. The quantitative estimate of drug-likeness (QED) is 0.0529. The second-order valence-electron chi connectivity index (χ2n) is 16.4. The molecule has 71 heavy (non-hydrogen) atoms. The maximum Gasteiger partial charge on any atom is 0.338 e. The van der Waals surface area contributed by atoms with Crippen molar-refractivity contribution in [2.24, 2.45) is 0 Å². The summed E-state index contributed by atoms with van der Waals surface area (Å²) in [6.07, 6.45) is 4.03. The van der Waals surface area contributed by atoms with Gasteiger partial charge in [-0.15, -0.1) is 0 Å². The van der Waals surface area contributed by atoms with E-state index in [1.54, 1.807) is 36.4 Å². The molecule has 0 bridgehead atoms. The Kier molecular flexibility index (Phi) is 27.5. The van der Waals surface area contributed by atoms with Gasteiger partial charge in [0, 0.05) is 59.0 Å². The molecule has 20 nitrogen and oxygen atoms in total. The second kappa shape index (κ2) is 32.9. The molecule has 0 radical (unpaired) electrons. The molecule has 398 valence electrons. The van der Waals surface area contributed by atoms with Gasteiger partial charge in [-0.2, -0.15) is 0 Å². The van der Waals surface area contributed by atoms with Crippen LogP contribution in [0.4, 0.5) is 0 Å². The Morgan fingerprint density at radius 1 is 0.437 bits per heavy atom. The fourth-order valence-electron chi connectivity index (χ4n) is 7.63. The second-order valence-corrected chi connectivity index (χ2v) is 16.4. The van der Waals surface area contributed by atoms with E-state index in [4.69, 9.17) is 61.9 Å². The summed E-state index contributed by atoms with van der Waals surface area (Å²) in [5, 5.41) is 8.85. The SMILES string of the molecule is COc1cc(C(=O)OCCCN(C)CCN(C)CCCO)cc(OC)c1OC.COc1cc(C(=O)OCCCN2CCCN(CCCOC(=O)c3cc(OC)c(OC)c(OC)c3)CC2)cc(OC)c1OC. The molecule has 1 N–H and O–H groups in total. The van der Waals surface area contributed by atoms with Crippen LogP contribution in [0.2, 0.25) is 0 Å². The molecule has 1 heterocycles. The fraction of sp³-hybridized carbons (Fsp3) is 0.588. The summed E-state index contributed by atoms with van der Waals surface area (Å²) in [5.74, 6) is 2.43. The summed E-state index contributed by atoms with van der Waals surface area (Å²) >= 11 is 0. The molecule has 0 aliphatic carbocycles. The van der Waals surface area contributed by atoms with Crippen molar-refractivity contribution in [3.05, 3.63) is 53.1 Å². The standard InChI is InChI=1S/C31H44N2O10.C20H34N2O6/c1-36-24-18-22(19-25(37-2)28(24)40-5)30(34)42-16-8-12-32-10-7-11-33(15-14-32)13-9-17-43-31(35)23-20-26(38-3)29(41-6)27(21-23)39-4;1-21(8-6-12-23)10-11-22(2)9-7-13-28-20(24)16-14-17(25-3)19(27-5)18(15-16)26-4/h18-21H,7-17H2,1-6H3;14-15,23H,6-13H2,1-5H3. The lowest BCUT2D eigenvalue weighted by Crippen LogP contribution is -2.32. The maximum atomic E-state index is 12.6. The summed E-state index contributed by atoms with van der Waals surface area (Å²) in [4.78, 5) is 46.7. The first-order valence-corrected chi connectivity index (χ1v) is 23.7. The van der Waals surface area contributed by atoms with Crippen molar-refractivity contribution in [3.8, 4) is 51.7 Å². The first-order chi connectivity index (χ1) is 34.3. The monoisotopic (exact) mass is 1000 g/mol. The van der Waals surface area contributed by atoms with Crippen LogP contribution in [0.3, 0.4) is 0 Å². The zero-order chi connectivity index (χ0) is 52.1. The maximum absolute atomic E-state index is 12.6. The van der Waals surface area contributed by atoms with Crippen LogP contribution < -0.4 is 42.6 Å². The van der Waals surface area contributed by atoms with E-state index in [9.17, 15) is 14.4 Å². The Morgan fingerprint density at radius 2 is 0.732 bits per heavy atom. The predicted molar refractivity (Wildman–Crippen MR) is 267 cm³/mol. The van der Waals surface area contributed by atoms with E-state index in [1.807, 2.05) is 14.1 Å². The van der Waals surface area contributed by atoms with Gasteiger partial charge in [0.05, 0.1) is 100 Å². The summed E-state index contributed by atoms with van der Waals surface area (Å²) in [6, 6.07) is 9.50. The molecule has 0 unspecified atom stereocenters. The lowest BCUT2D eigenvalue weighted by molar-refractivity contribution is 0.0475. The van der Waals surface area contributed by atoms with Crippen LogP contribution >= 0.6 is 0 Å². The summed E-state index contributed by atoms with van der Waals surface area (Å²) in [7, 11) is 17.6. The van der Waals surface area contributed by atoms with Crippen LogP contribution in [0.25, 0.3) is 0 Å². The molecule has 1 aliphatic heterocycles. The van der Waals surface area contributed by atoms with Crippen molar-refractivity contribution in [2.45, 2.75) is 32.1 Å². The number of hydrogen-bond donors (Lipinski definition) is 1. The highest BCUT2D eigenvalue weighted by Gasteiger charge is 2.22. The van der Waals surface area contributed by atoms with Gasteiger partial charge in [-0.25, -0.2) is 14.4 Å². The van der Waals surface area contributed by atoms with Gasteiger partial charge in [0.15, 0.2) is 34.5 Å². The number of benzene rings is 3. The first-order valence-electron chi connectivity index (χ1n) is 23.7. The van der Waals surface area contributed by atoms with Crippen LogP contribution in [0, 0.1) is 0 Å². The molecule has 0 spiro atoms. The number of ether oxygens (including phenoxy) is 12. The van der Waals surface area contributed by atoms with Gasteiger partial charge in [-0.05, 0) is 95.7 Å². The molecule has 0 amide bonds. The Morgan fingerprint density at radius 3 is 1.01 bits per heavy atom. The number of carbonyl (C=O) groups excluding carboxylic acids is 3. The number of likely N-dealkylation sites (N-methyl/N-ethyl adjacent to an activating group) is 2. The van der Waals surface area contributed by atoms with Gasteiger partial charge < -0.3 is 81.5 Å². The number of aliphatic hydroxyl groups is 1. The molecule has 0 atom stereocenters. The average molecular weight is 1000 g/mol. The van der Waals surface area contributed by atoms with E-state index in [2.05, 4.69) is 19.6 Å². The lowest BCUT2D eigenvalue weighted by atomic mass is 10.2. The lowest BCUT2D eigenvalue weighted by Gasteiger charge is -2.21. The summed E-state index contributed by atoms with van der Waals surface area (Å²) in [6.45, 7) is 10.2. The van der Waals surface area contributed by atoms with Gasteiger partial charge in [0.25, 0.3) is 0 Å². The van der Waals surface area contributed by atoms with Crippen LogP contribution in [0.5, 0.6) is 51.7 Å².